The van der Waals surface area contributed by atoms with E-state index in [1.807, 2.05) is 31.2 Å². The third kappa shape index (κ3) is 3.81. The third-order valence-corrected chi connectivity index (χ3v) is 7.40. The third-order valence-electron chi connectivity index (χ3n) is 4.68. The molecule has 0 amide bonds. The maximum Gasteiger partial charge on any atom is 0.263 e. The predicted molar refractivity (Wildman–Crippen MR) is 117 cm³/mol. The average Bonchev–Trinajstić information content (AvgIpc) is 3.11. The monoisotopic (exact) mass is 441 g/mol. The van der Waals surface area contributed by atoms with Crippen molar-refractivity contribution in [3.05, 3.63) is 72.3 Å². The number of fused-ring (bicyclic) bond motifs is 1. The van der Waals surface area contributed by atoms with Gasteiger partial charge in [0, 0.05) is 22.9 Å². The molecular formula is C21H19N3O4S2. The van der Waals surface area contributed by atoms with Gasteiger partial charge in [-0.15, -0.1) is 0 Å². The highest BCUT2D eigenvalue weighted by Gasteiger charge is 2.24. The molecular weight excluding hydrogens is 422 g/mol. The molecule has 0 bridgehead atoms. The zero-order valence-corrected chi connectivity index (χ0v) is 17.9. The van der Waals surface area contributed by atoms with Gasteiger partial charge in [0.1, 0.15) is 4.90 Å². The lowest BCUT2D eigenvalue weighted by molar-refractivity contribution is 0.588. The Bertz CT molecular complexity index is 1460. The molecule has 9 heteroatoms. The number of nitrogens with zero attached hydrogens (tertiary/aromatic N) is 1. The summed E-state index contributed by atoms with van der Waals surface area (Å²) in [6.45, 7) is 1.99. The topological polar surface area (TPSA) is 109 Å². The number of H-pyrrole nitrogens is 1. The summed E-state index contributed by atoms with van der Waals surface area (Å²) in [6, 6.07) is 18.4. The Morgan fingerprint density at radius 1 is 0.867 bits per heavy atom. The summed E-state index contributed by atoms with van der Waals surface area (Å²) < 4.78 is 52.4. The average molecular weight is 442 g/mol. The molecule has 0 unspecified atom stereocenters. The van der Waals surface area contributed by atoms with Gasteiger partial charge in [-0.2, -0.15) is 5.10 Å². The number of aryl methyl sites for hydroxylation is 1. The van der Waals surface area contributed by atoms with E-state index in [1.54, 1.807) is 18.2 Å². The van der Waals surface area contributed by atoms with Gasteiger partial charge in [0.2, 0.25) is 0 Å². The van der Waals surface area contributed by atoms with Gasteiger partial charge in [-0.25, -0.2) is 16.8 Å². The Morgan fingerprint density at radius 3 is 2.20 bits per heavy atom. The fourth-order valence-corrected chi connectivity index (χ4v) is 5.88. The van der Waals surface area contributed by atoms with Crippen LogP contribution in [-0.2, 0) is 19.9 Å². The first-order valence-electron chi connectivity index (χ1n) is 9.02. The lowest BCUT2D eigenvalue weighted by Crippen LogP contribution is -2.16. The second kappa shape index (κ2) is 7.26. The van der Waals surface area contributed by atoms with Crippen LogP contribution in [0.2, 0.25) is 0 Å². The maximum absolute atomic E-state index is 12.9. The van der Waals surface area contributed by atoms with Crippen LogP contribution in [0.25, 0.3) is 22.2 Å². The van der Waals surface area contributed by atoms with Gasteiger partial charge in [0.25, 0.3) is 10.0 Å². The van der Waals surface area contributed by atoms with Gasteiger partial charge in [0.15, 0.2) is 9.84 Å². The SMILES string of the molecule is Cc1ccc(-c2n[nH]c3ccc(NS(=O)(=O)c4ccccc4S(C)(=O)=O)cc23)cc1. The first kappa shape index (κ1) is 20.1. The molecule has 4 aromatic rings. The van der Waals surface area contributed by atoms with Gasteiger partial charge in [-0.1, -0.05) is 42.0 Å². The van der Waals surface area contributed by atoms with Crippen LogP contribution in [0.4, 0.5) is 5.69 Å². The van der Waals surface area contributed by atoms with Crippen LogP contribution in [-0.4, -0.2) is 33.3 Å². The van der Waals surface area contributed by atoms with Crippen molar-refractivity contribution in [2.24, 2.45) is 0 Å². The molecule has 0 aliphatic heterocycles. The molecule has 30 heavy (non-hydrogen) atoms. The van der Waals surface area contributed by atoms with Crippen molar-refractivity contribution < 1.29 is 16.8 Å². The summed E-state index contributed by atoms with van der Waals surface area (Å²) in [4.78, 5) is -0.541. The smallest absolute Gasteiger partial charge is 0.263 e. The predicted octanol–water partition coefficient (Wildman–Crippen LogP) is 3.74. The van der Waals surface area contributed by atoms with Gasteiger partial charge < -0.3 is 0 Å². The van der Waals surface area contributed by atoms with Crippen LogP contribution < -0.4 is 4.72 Å². The minimum Gasteiger partial charge on any atom is -0.280 e. The normalized spacial score (nSPS) is 12.2. The number of anilines is 1. The van der Waals surface area contributed by atoms with Crippen molar-refractivity contribution in [1.82, 2.24) is 10.2 Å². The Hall–Kier alpha value is -3.17. The Morgan fingerprint density at radius 2 is 1.53 bits per heavy atom. The van der Waals surface area contributed by atoms with E-state index in [9.17, 15) is 16.8 Å². The molecule has 0 atom stereocenters. The molecule has 154 valence electrons. The molecule has 0 radical (unpaired) electrons. The van der Waals surface area contributed by atoms with Crippen LogP contribution in [0.3, 0.4) is 0 Å². The molecule has 0 saturated carbocycles. The second-order valence-electron chi connectivity index (χ2n) is 7.02. The molecule has 0 spiro atoms. The zero-order chi connectivity index (χ0) is 21.5. The number of benzene rings is 3. The number of rotatable bonds is 5. The van der Waals surface area contributed by atoms with Crippen molar-refractivity contribution in [2.75, 3.05) is 11.0 Å². The Kier molecular flexibility index (Phi) is 4.87. The number of sulfonamides is 1. The van der Waals surface area contributed by atoms with Crippen molar-refractivity contribution >= 4 is 36.5 Å². The molecule has 3 aromatic carbocycles. The minimum absolute atomic E-state index is 0.248. The molecule has 0 aliphatic rings. The molecule has 1 heterocycles. The van der Waals surface area contributed by atoms with E-state index in [2.05, 4.69) is 14.9 Å². The van der Waals surface area contributed by atoms with Crippen molar-refractivity contribution in [3.8, 4) is 11.3 Å². The lowest BCUT2D eigenvalue weighted by atomic mass is 10.1. The minimum atomic E-state index is -4.12. The van der Waals surface area contributed by atoms with E-state index in [0.29, 0.717) is 11.4 Å². The largest absolute Gasteiger partial charge is 0.280 e. The van der Waals surface area contributed by atoms with Gasteiger partial charge in [-0.05, 0) is 37.3 Å². The first-order valence-corrected chi connectivity index (χ1v) is 12.4. The van der Waals surface area contributed by atoms with Crippen molar-refractivity contribution in [3.63, 3.8) is 0 Å². The molecule has 0 aliphatic carbocycles. The molecule has 1 aromatic heterocycles. The van der Waals surface area contributed by atoms with Crippen molar-refractivity contribution in [2.45, 2.75) is 16.7 Å². The second-order valence-corrected chi connectivity index (χ2v) is 10.7. The molecule has 2 N–H and O–H groups in total. The quantitative estimate of drug-likeness (QED) is 0.490. The number of hydrogen-bond donors (Lipinski definition) is 2. The standard InChI is InChI=1S/C21H19N3O4S2/c1-14-7-9-15(10-8-14)21-17-13-16(11-12-18(17)22-23-21)24-30(27,28)20-6-4-3-5-19(20)29(2,25)26/h3-13,24H,1-2H3,(H,22,23). The van der Waals surface area contributed by atoms with Crippen LogP contribution in [0.1, 0.15) is 5.56 Å². The summed E-state index contributed by atoms with van der Waals surface area (Å²) >= 11 is 0. The highest BCUT2D eigenvalue weighted by Crippen LogP contribution is 2.30. The Balaban J connectivity index is 1.76. The molecule has 4 rings (SSSR count). The summed E-state index contributed by atoms with van der Waals surface area (Å²) in [5.41, 5.74) is 3.78. The van der Waals surface area contributed by atoms with Gasteiger partial charge in [-0.3, -0.25) is 9.82 Å². The van der Waals surface area contributed by atoms with Crippen LogP contribution >= 0.6 is 0 Å². The fourth-order valence-electron chi connectivity index (χ4n) is 3.20. The summed E-state index contributed by atoms with van der Waals surface area (Å²) in [7, 11) is -7.84. The number of nitrogens with one attached hydrogen (secondary N) is 2. The highest BCUT2D eigenvalue weighted by molar-refractivity contribution is 7.95. The van der Waals surface area contributed by atoms with Crippen LogP contribution in [0.5, 0.6) is 0 Å². The lowest BCUT2D eigenvalue weighted by Gasteiger charge is -2.11. The number of aromatic nitrogens is 2. The summed E-state index contributed by atoms with van der Waals surface area (Å²) in [5.74, 6) is 0. The van der Waals surface area contributed by atoms with E-state index in [0.717, 1.165) is 28.3 Å². The van der Waals surface area contributed by atoms with E-state index in [4.69, 9.17) is 0 Å². The van der Waals surface area contributed by atoms with Crippen LogP contribution in [0, 0.1) is 6.92 Å². The molecule has 0 fully saturated rings. The first-order chi connectivity index (χ1) is 14.1. The van der Waals surface area contributed by atoms with E-state index in [-0.39, 0.29) is 9.79 Å². The zero-order valence-electron chi connectivity index (χ0n) is 16.2. The summed E-state index contributed by atoms with van der Waals surface area (Å²) in [6.07, 6.45) is 0.979. The summed E-state index contributed by atoms with van der Waals surface area (Å²) in [5, 5.41) is 8.05. The maximum atomic E-state index is 12.9. The number of aromatic amines is 1. The van der Waals surface area contributed by atoms with E-state index < -0.39 is 19.9 Å². The van der Waals surface area contributed by atoms with Gasteiger partial charge in [0.05, 0.1) is 16.1 Å². The highest BCUT2D eigenvalue weighted by atomic mass is 32.2. The fraction of sp³-hybridized carbons (Fsp3) is 0.0952. The number of hydrogen-bond acceptors (Lipinski definition) is 5. The van der Waals surface area contributed by atoms with Gasteiger partial charge >= 0.3 is 0 Å². The Labute approximate surface area is 174 Å². The molecule has 0 saturated heterocycles. The molecule has 7 nitrogen and oxygen atoms in total. The van der Waals surface area contributed by atoms with E-state index in [1.165, 1.54) is 24.3 Å². The van der Waals surface area contributed by atoms with Crippen molar-refractivity contribution in [1.29, 1.82) is 0 Å². The number of sulfone groups is 1. The van der Waals surface area contributed by atoms with E-state index >= 15 is 0 Å². The van der Waals surface area contributed by atoms with Crippen LogP contribution in [0.15, 0.2) is 76.5 Å².